The van der Waals surface area contributed by atoms with Gasteiger partial charge in [-0.1, -0.05) is 38.5 Å². The summed E-state index contributed by atoms with van der Waals surface area (Å²) in [6.45, 7) is 5.21. The van der Waals surface area contributed by atoms with Crippen LogP contribution in [0.4, 0.5) is 5.69 Å². The van der Waals surface area contributed by atoms with E-state index in [1.54, 1.807) is 0 Å². The van der Waals surface area contributed by atoms with Crippen molar-refractivity contribution >= 4 is 11.6 Å². The standard InChI is InChI=1S/C17H24N2O/c1-17(2)10-5-7-13(17)16(20)19-11-9-14(18)12-6-3-4-8-15(12)19/h3-4,6,8,13-14H,5,7,9-11,18H2,1-2H3. The van der Waals surface area contributed by atoms with Crippen LogP contribution >= 0.6 is 0 Å². The predicted molar refractivity (Wildman–Crippen MR) is 81.5 cm³/mol. The van der Waals surface area contributed by atoms with Crippen molar-refractivity contribution in [2.24, 2.45) is 17.1 Å². The molecule has 3 rings (SSSR count). The lowest BCUT2D eigenvalue weighted by Crippen LogP contribution is -2.44. The van der Waals surface area contributed by atoms with Gasteiger partial charge in [0.2, 0.25) is 5.91 Å². The SMILES string of the molecule is CC1(C)CCCC1C(=O)N1CCC(N)c2ccccc21. The van der Waals surface area contributed by atoms with Crippen molar-refractivity contribution in [3.05, 3.63) is 29.8 Å². The van der Waals surface area contributed by atoms with Gasteiger partial charge in [0, 0.05) is 24.2 Å². The lowest BCUT2D eigenvalue weighted by molar-refractivity contribution is -0.125. The molecule has 0 aromatic heterocycles. The highest BCUT2D eigenvalue weighted by molar-refractivity contribution is 5.97. The average molecular weight is 272 g/mol. The van der Waals surface area contributed by atoms with Gasteiger partial charge in [0.1, 0.15) is 0 Å². The zero-order valence-electron chi connectivity index (χ0n) is 12.4. The van der Waals surface area contributed by atoms with Crippen molar-refractivity contribution in [1.29, 1.82) is 0 Å². The first kappa shape index (κ1) is 13.6. The number of para-hydroxylation sites is 1. The van der Waals surface area contributed by atoms with E-state index in [9.17, 15) is 4.79 Å². The fourth-order valence-corrected chi connectivity index (χ4v) is 3.79. The third kappa shape index (κ3) is 2.14. The molecule has 2 atom stereocenters. The van der Waals surface area contributed by atoms with E-state index in [0.717, 1.165) is 37.1 Å². The van der Waals surface area contributed by atoms with Crippen molar-refractivity contribution in [3.63, 3.8) is 0 Å². The number of rotatable bonds is 1. The summed E-state index contributed by atoms with van der Waals surface area (Å²) >= 11 is 0. The van der Waals surface area contributed by atoms with Gasteiger partial charge in [-0.2, -0.15) is 0 Å². The maximum atomic E-state index is 13.0. The molecule has 2 unspecified atom stereocenters. The number of nitrogens with zero attached hydrogens (tertiary/aromatic N) is 1. The fourth-order valence-electron chi connectivity index (χ4n) is 3.79. The second-order valence-corrected chi connectivity index (χ2v) is 6.88. The molecule has 0 spiro atoms. The number of amides is 1. The third-order valence-corrected chi connectivity index (χ3v) is 5.11. The molecule has 1 aliphatic carbocycles. The summed E-state index contributed by atoms with van der Waals surface area (Å²) in [6.07, 6.45) is 4.20. The van der Waals surface area contributed by atoms with Crippen LogP contribution in [-0.4, -0.2) is 12.5 Å². The minimum atomic E-state index is 0.0619. The molecule has 0 radical (unpaired) electrons. The smallest absolute Gasteiger partial charge is 0.230 e. The Kier molecular flexibility index (Phi) is 3.33. The summed E-state index contributed by atoms with van der Waals surface area (Å²) in [5, 5.41) is 0. The molecule has 1 aromatic carbocycles. The first-order valence-electron chi connectivity index (χ1n) is 7.66. The van der Waals surface area contributed by atoms with Crippen LogP contribution in [0.2, 0.25) is 0 Å². The van der Waals surface area contributed by atoms with Crippen molar-refractivity contribution in [1.82, 2.24) is 0 Å². The number of nitrogens with two attached hydrogens (primary N) is 1. The summed E-state index contributed by atoms with van der Waals surface area (Å²) in [5.41, 5.74) is 8.45. The highest BCUT2D eigenvalue weighted by atomic mass is 16.2. The van der Waals surface area contributed by atoms with E-state index in [0.29, 0.717) is 5.91 Å². The van der Waals surface area contributed by atoms with Crippen molar-refractivity contribution in [3.8, 4) is 0 Å². The highest BCUT2D eigenvalue weighted by Gasteiger charge is 2.42. The maximum Gasteiger partial charge on any atom is 0.230 e. The van der Waals surface area contributed by atoms with E-state index < -0.39 is 0 Å². The fraction of sp³-hybridized carbons (Fsp3) is 0.588. The zero-order valence-corrected chi connectivity index (χ0v) is 12.4. The topological polar surface area (TPSA) is 46.3 Å². The van der Waals surface area contributed by atoms with Gasteiger partial charge in [0.15, 0.2) is 0 Å². The molecule has 20 heavy (non-hydrogen) atoms. The Morgan fingerprint density at radius 3 is 2.75 bits per heavy atom. The number of carbonyl (C=O) groups excluding carboxylic acids is 1. The molecule has 108 valence electrons. The van der Waals surface area contributed by atoms with Crippen LogP contribution in [0.1, 0.15) is 51.1 Å². The van der Waals surface area contributed by atoms with Crippen LogP contribution in [0.5, 0.6) is 0 Å². The number of benzene rings is 1. The van der Waals surface area contributed by atoms with E-state index in [-0.39, 0.29) is 17.4 Å². The Balaban J connectivity index is 1.92. The monoisotopic (exact) mass is 272 g/mol. The summed E-state index contributed by atoms with van der Waals surface area (Å²) in [7, 11) is 0. The second-order valence-electron chi connectivity index (χ2n) is 6.88. The summed E-state index contributed by atoms with van der Waals surface area (Å²) in [4.78, 5) is 15.0. The molecule has 3 heteroatoms. The van der Waals surface area contributed by atoms with Crippen LogP contribution in [0.3, 0.4) is 0 Å². The lowest BCUT2D eigenvalue weighted by Gasteiger charge is -2.37. The second kappa shape index (κ2) is 4.88. The number of carbonyl (C=O) groups is 1. The molecule has 1 aromatic rings. The Hall–Kier alpha value is -1.35. The number of hydrogen-bond donors (Lipinski definition) is 1. The van der Waals surface area contributed by atoms with Gasteiger partial charge in [-0.05, 0) is 36.3 Å². The van der Waals surface area contributed by atoms with Gasteiger partial charge in [-0.3, -0.25) is 4.79 Å². The van der Waals surface area contributed by atoms with Gasteiger partial charge in [0.05, 0.1) is 0 Å². The van der Waals surface area contributed by atoms with Crippen LogP contribution < -0.4 is 10.6 Å². The quantitative estimate of drug-likeness (QED) is 0.853. The first-order chi connectivity index (χ1) is 9.50. The number of fused-ring (bicyclic) bond motifs is 1. The van der Waals surface area contributed by atoms with Crippen molar-refractivity contribution in [2.75, 3.05) is 11.4 Å². The van der Waals surface area contributed by atoms with Gasteiger partial charge >= 0.3 is 0 Å². The van der Waals surface area contributed by atoms with Crippen LogP contribution in [0.15, 0.2) is 24.3 Å². The zero-order chi connectivity index (χ0) is 14.3. The summed E-state index contributed by atoms with van der Waals surface area (Å²) in [6, 6.07) is 8.16. The van der Waals surface area contributed by atoms with E-state index in [1.165, 1.54) is 6.42 Å². The molecular formula is C17H24N2O. The third-order valence-electron chi connectivity index (χ3n) is 5.11. The molecule has 1 heterocycles. The minimum Gasteiger partial charge on any atom is -0.324 e. The van der Waals surface area contributed by atoms with Gasteiger partial charge in [0.25, 0.3) is 0 Å². The van der Waals surface area contributed by atoms with Crippen LogP contribution in [0.25, 0.3) is 0 Å². The highest BCUT2D eigenvalue weighted by Crippen LogP contribution is 2.45. The number of anilines is 1. The Bertz CT molecular complexity index is 523. The minimum absolute atomic E-state index is 0.0619. The molecule has 1 fully saturated rings. The Morgan fingerprint density at radius 2 is 2.05 bits per heavy atom. The predicted octanol–water partition coefficient (Wildman–Crippen LogP) is 3.25. The molecule has 0 bridgehead atoms. The number of hydrogen-bond acceptors (Lipinski definition) is 2. The van der Waals surface area contributed by atoms with E-state index in [4.69, 9.17) is 5.73 Å². The van der Waals surface area contributed by atoms with Gasteiger partial charge in [-0.15, -0.1) is 0 Å². The largest absolute Gasteiger partial charge is 0.324 e. The van der Waals surface area contributed by atoms with E-state index >= 15 is 0 Å². The molecule has 1 saturated carbocycles. The average Bonchev–Trinajstić information content (AvgIpc) is 2.78. The van der Waals surface area contributed by atoms with Gasteiger partial charge in [-0.25, -0.2) is 0 Å². The van der Waals surface area contributed by atoms with E-state index in [2.05, 4.69) is 19.9 Å². The molecular weight excluding hydrogens is 248 g/mol. The maximum absolute atomic E-state index is 13.0. The van der Waals surface area contributed by atoms with Crippen molar-refractivity contribution < 1.29 is 4.79 Å². The molecule has 3 nitrogen and oxygen atoms in total. The normalized spacial score (nSPS) is 28.2. The van der Waals surface area contributed by atoms with Crippen LogP contribution in [-0.2, 0) is 4.79 Å². The van der Waals surface area contributed by atoms with Crippen LogP contribution in [0, 0.1) is 11.3 Å². The van der Waals surface area contributed by atoms with E-state index in [1.807, 2.05) is 23.1 Å². The Labute approximate surface area is 121 Å². The molecule has 2 N–H and O–H groups in total. The Morgan fingerprint density at radius 1 is 1.30 bits per heavy atom. The first-order valence-corrected chi connectivity index (χ1v) is 7.66. The molecule has 0 saturated heterocycles. The van der Waals surface area contributed by atoms with Crippen molar-refractivity contribution in [2.45, 2.75) is 45.6 Å². The summed E-state index contributed by atoms with van der Waals surface area (Å²) in [5.74, 6) is 0.455. The molecule has 2 aliphatic rings. The summed E-state index contributed by atoms with van der Waals surface area (Å²) < 4.78 is 0. The van der Waals surface area contributed by atoms with Gasteiger partial charge < -0.3 is 10.6 Å². The lowest BCUT2D eigenvalue weighted by atomic mass is 9.80. The molecule has 1 amide bonds. The molecule has 1 aliphatic heterocycles.